The number of hydrazine groups is 1. The molecule has 0 bridgehead atoms. The largest absolute Gasteiger partial charge is 0.454 e. The van der Waals surface area contributed by atoms with Crippen molar-refractivity contribution in [3.05, 3.63) is 23.8 Å². The SMILES string of the molecule is CN(C)NC(C)(CN)CCc1ccc2c(c1)OCO2. The van der Waals surface area contributed by atoms with Gasteiger partial charge in [-0.2, -0.15) is 0 Å². The van der Waals surface area contributed by atoms with Crippen LogP contribution in [0.15, 0.2) is 18.2 Å². The molecule has 19 heavy (non-hydrogen) atoms. The minimum Gasteiger partial charge on any atom is -0.454 e. The van der Waals surface area contributed by atoms with Crippen LogP contribution in [0.4, 0.5) is 0 Å². The van der Waals surface area contributed by atoms with Crippen LogP contribution in [0.2, 0.25) is 0 Å². The van der Waals surface area contributed by atoms with Gasteiger partial charge in [0.2, 0.25) is 6.79 Å². The molecule has 2 rings (SSSR count). The predicted octanol–water partition coefficient (Wildman–Crippen LogP) is 1.13. The van der Waals surface area contributed by atoms with Gasteiger partial charge >= 0.3 is 0 Å². The number of aryl methyl sites for hydroxylation is 1. The second-order valence-electron chi connectivity index (χ2n) is 5.46. The molecule has 0 saturated carbocycles. The van der Waals surface area contributed by atoms with Gasteiger partial charge in [-0.25, -0.2) is 5.43 Å². The number of hydrogen-bond donors (Lipinski definition) is 2. The number of nitrogens with two attached hydrogens (primary N) is 1. The zero-order chi connectivity index (χ0) is 13.9. The number of hydrogen-bond acceptors (Lipinski definition) is 5. The van der Waals surface area contributed by atoms with E-state index in [0.717, 1.165) is 24.3 Å². The van der Waals surface area contributed by atoms with Crippen LogP contribution in [0.25, 0.3) is 0 Å². The highest BCUT2D eigenvalue weighted by Crippen LogP contribution is 2.33. The summed E-state index contributed by atoms with van der Waals surface area (Å²) in [7, 11) is 3.96. The topological polar surface area (TPSA) is 59.8 Å². The van der Waals surface area contributed by atoms with Gasteiger partial charge in [-0.3, -0.25) is 5.01 Å². The van der Waals surface area contributed by atoms with Crippen molar-refractivity contribution in [2.75, 3.05) is 27.4 Å². The summed E-state index contributed by atoms with van der Waals surface area (Å²) in [5.41, 5.74) is 10.4. The predicted molar refractivity (Wildman–Crippen MR) is 75.2 cm³/mol. The van der Waals surface area contributed by atoms with Gasteiger partial charge < -0.3 is 15.2 Å². The van der Waals surface area contributed by atoms with Crippen LogP contribution in [0.5, 0.6) is 11.5 Å². The van der Waals surface area contributed by atoms with Gasteiger partial charge in [-0.1, -0.05) is 6.07 Å². The molecule has 1 aliphatic heterocycles. The maximum atomic E-state index is 5.88. The van der Waals surface area contributed by atoms with Crippen LogP contribution in [-0.4, -0.2) is 38.0 Å². The molecule has 0 radical (unpaired) electrons. The van der Waals surface area contributed by atoms with Gasteiger partial charge in [-0.05, 0) is 37.5 Å². The van der Waals surface area contributed by atoms with E-state index in [-0.39, 0.29) is 5.54 Å². The molecule has 1 heterocycles. The van der Waals surface area contributed by atoms with Crippen molar-refractivity contribution in [3.8, 4) is 11.5 Å². The van der Waals surface area contributed by atoms with Crippen LogP contribution < -0.4 is 20.6 Å². The molecule has 3 N–H and O–H groups in total. The summed E-state index contributed by atoms with van der Waals surface area (Å²) in [4.78, 5) is 0. The highest BCUT2D eigenvalue weighted by Gasteiger charge is 2.23. The Morgan fingerprint density at radius 3 is 2.74 bits per heavy atom. The summed E-state index contributed by atoms with van der Waals surface area (Å²) in [5.74, 6) is 1.67. The minimum absolute atomic E-state index is 0.0974. The molecule has 5 nitrogen and oxygen atoms in total. The van der Waals surface area contributed by atoms with Gasteiger partial charge in [0.05, 0.1) is 0 Å². The van der Waals surface area contributed by atoms with Gasteiger partial charge in [-0.15, -0.1) is 0 Å². The first-order valence-electron chi connectivity index (χ1n) is 6.56. The summed E-state index contributed by atoms with van der Waals surface area (Å²) in [6.07, 6.45) is 1.91. The zero-order valence-corrected chi connectivity index (χ0v) is 11.9. The van der Waals surface area contributed by atoms with E-state index in [1.807, 2.05) is 25.2 Å². The smallest absolute Gasteiger partial charge is 0.231 e. The number of nitrogens with one attached hydrogen (secondary N) is 1. The quantitative estimate of drug-likeness (QED) is 0.755. The molecule has 0 amide bonds. The second-order valence-corrected chi connectivity index (χ2v) is 5.46. The average molecular weight is 265 g/mol. The lowest BCUT2D eigenvalue weighted by atomic mass is 9.94. The molecule has 0 saturated heterocycles. The number of nitrogens with zero attached hydrogens (tertiary/aromatic N) is 1. The number of rotatable bonds is 6. The highest BCUT2D eigenvalue weighted by molar-refractivity contribution is 5.44. The van der Waals surface area contributed by atoms with Crippen molar-refractivity contribution in [1.29, 1.82) is 0 Å². The second kappa shape index (κ2) is 5.77. The number of benzene rings is 1. The van der Waals surface area contributed by atoms with Crippen molar-refractivity contribution < 1.29 is 9.47 Å². The van der Waals surface area contributed by atoms with Crippen LogP contribution >= 0.6 is 0 Å². The Kier molecular flexibility index (Phi) is 4.29. The Balaban J connectivity index is 1.97. The van der Waals surface area contributed by atoms with E-state index < -0.39 is 0 Å². The normalized spacial score (nSPS) is 16.7. The van der Waals surface area contributed by atoms with E-state index in [4.69, 9.17) is 15.2 Å². The van der Waals surface area contributed by atoms with E-state index in [9.17, 15) is 0 Å². The summed E-state index contributed by atoms with van der Waals surface area (Å²) in [5, 5.41) is 1.95. The Bertz CT molecular complexity index is 437. The van der Waals surface area contributed by atoms with Gasteiger partial charge in [0.25, 0.3) is 0 Å². The third-order valence-electron chi connectivity index (χ3n) is 3.35. The van der Waals surface area contributed by atoms with Gasteiger partial charge in [0.15, 0.2) is 11.5 Å². The standard InChI is InChI=1S/C14H23N3O2/c1-14(9-15,16-17(2)3)7-6-11-4-5-12-13(8-11)19-10-18-12/h4-5,8,16H,6-7,9-10,15H2,1-3H3. The fraction of sp³-hybridized carbons (Fsp3) is 0.571. The van der Waals surface area contributed by atoms with Crippen LogP contribution in [-0.2, 0) is 6.42 Å². The first-order chi connectivity index (χ1) is 9.02. The van der Waals surface area contributed by atoms with Gasteiger partial charge in [0, 0.05) is 26.2 Å². The van der Waals surface area contributed by atoms with Crippen LogP contribution in [0, 0.1) is 0 Å². The highest BCUT2D eigenvalue weighted by atomic mass is 16.7. The third-order valence-corrected chi connectivity index (χ3v) is 3.35. The summed E-state index contributed by atoms with van der Waals surface area (Å²) < 4.78 is 10.7. The maximum Gasteiger partial charge on any atom is 0.231 e. The minimum atomic E-state index is -0.0974. The van der Waals surface area contributed by atoms with E-state index in [1.54, 1.807) is 0 Å². The summed E-state index contributed by atoms with van der Waals surface area (Å²) in [6.45, 7) is 3.05. The Morgan fingerprint density at radius 2 is 2.05 bits per heavy atom. The first-order valence-corrected chi connectivity index (χ1v) is 6.56. The van der Waals surface area contributed by atoms with E-state index in [2.05, 4.69) is 24.5 Å². The van der Waals surface area contributed by atoms with Crippen LogP contribution in [0.3, 0.4) is 0 Å². The number of ether oxygens (including phenoxy) is 2. The lowest BCUT2D eigenvalue weighted by Crippen LogP contribution is -2.54. The summed E-state index contributed by atoms with van der Waals surface area (Å²) in [6, 6.07) is 6.10. The Hall–Kier alpha value is -1.30. The van der Waals surface area contributed by atoms with Crippen molar-refractivity contribution in [3.63, 3.8) is 0 Å². The van der Waals surface area contributed by atoms with E-state index in [1.165, 1.54) is 5.56 Å². The molecular formula is C14H23N3O2. The fourth-order valence-electron chi connectivity index (χ4n) is 2.26. The molecule has 0 fully saturated rings. The first kappa shape index (κ1) is 14.1. The molecule has 0 aliphatic carbocycles. The van der Waals surface area contributed by atoms with E-state index >= 15 is 0 Å². The average Bonchev–Trinajstić information content (AvgIpc) is 2.83. The van der Waals surface area contributed by atoms with Gasteiger partial charge in [0.1, 0.15) is 0 Å². The molecule has 1 aromatic rings. The molecule has 1 aromatic carbocycles. The van der Waals surface area contributed by atoms with Crippen molar-refractivity contribution in [1.82, 2.24) is 10.4 Å². The van der Waals surface area contributed by atoms with Crippen molar-refractivity contribution in [2.45, 2.75) is 25.3 Å². The Morgan fingerprint density at radius 1 is 1.32 bits per heavy atom. The Labute approximate surface area is 114 Å². The van der Waals surface area contributed by atoms with Crippen molar-refractivity contribution in [2.24, 2.45) is 5.73 Å². The number of fused-ring (bicyclic) bond motifs is 1. The molecule has 0 aromatic heterocycles. The lowest BCUT2D eigenvalue weighted by molar-refractivity contribution is 0.167. The molecule has 1 atom stereocenters. The monoisotopic (exact) mass is 265 g/mol. The maximum absolute atomic E-state index is 5.88. The molecule has 0 spiro atoms. The molecule has 5 heteroatoms. The summed E-state index contributed by atoms with van der Waals surface area (Å²) >= 11 is 0. The van der Waals surface area contributed by atoms with Crippen molar-refractivity contribution >= 4 is 0 Å². The fourth-order valence-corrected chi connectivity index (χ4v) is 2.26. The lowest BCUT2D eigenvalue weighted by Gasteiger charge is -2.32. The molecule has 1 unspecified atom stereocenters. The zero-order valence-electron chi connectivity index (χ0n) is 11.9. The van der Waals surface area contributed by atoms with E-state index in [0.29, 0.717) is 13.3 Å². The molecule has 1 aliphatic rings. The molecular weight excluding hydrogens is 242 g/mol. The third kappa shape index (κ3) is 3.59. The van der Waals surface area contributed by atoms with Crippen LogP contribution in [0.1, 0.15) is 18.9 Å². The molecule has 106 valence electrons.